The predicted molar refractivity (Wildman–Crippen MR) is 108 cm³/mol. The molecular formula is C20H23N3O5S. The van der Waals surface area contributed by atoms with Gasteiger partial charge in [0.2, 0.25) is 21.8 Å². The van der Waals surface area contributed by atoms with Crippen LogP contribution in [-0.4, -0.2) is 44.8 Å². The van der Waals surface area contributed by atoms with Crippen LogP contribution in [0.4, 0.5) is 5.69 Å². The van der Waals surface area contributed by atoms with Gasteiger partial charge >= 0.3 is 0 Å². The van der Waals surface area contributed by atoms with E-state index in [9.17, 15) is 18.0 Å². The van der Waals surface area contributed by atoms with Crippen molar-refractivity contribution in [3.8, 4) is 5.75 Å². The van der Waals surface area contributed by atoms with E-state index in [2.05, 4.69) is 5.32 Å². The maximum Gasteiger partial charge on any atom is 0.247 e. The molecule has 8 nitrogen and oxygen atoms in total. The fourth-order valence-electron chi connectivity index (χ4n) is 3.31. The van der Waals surface area contributed by atoms with Crippen molar-refractivity contribution >= 4 is 27.5 Å². The molecular weight excluding hydrogens is 394 g/mol. The SMILES string of the molecule is COc1ccc(NC(=O)C2CCCN2C(=O)Cc2ccc(S(N)(=O)=O)cc2)cc1. The second kappa shape index (κ2) is 8.62. The Morgan fingerprint density at radius 3 is 2.38 bits per heavy atom. The maximum atomic E-state index is 12.7. The largest absolute Gasteiger partial charge is 0.497 e. The molecule has 0 aromatic heterocycles. The highest BCUT2D eigenvalue weighted by molar-refractivity contribution is 7.89. The van der Waals surface area contributed by atoms with Crippen LogP contribution in [0.3, 0.4) is 0 Å². The first-order valence-corrected chi connectivity index (χ1v) is 10.7. The summed E-state index contributed by atoms with van der Waals surface area (Å²) in [5.41, 5.74) is 1.29. The number of likely N-dealkylation sites (tertiary alicyclic amines) is 1. The predicted octanol–water partition coefficient (Wildman–Crippen LogP) is 1.51. The molecule has 1 atom stereocenters. The van der Waals surface area contributed by atoms with Gasteiger partial charge in [0.05, 0.1) is 18.4 Å². The van der Waals surface area contributed by atoms with Gasteiger partial charge in [0, 0.05) is 12.2 Å². The average Bonchev–Trinajstić information content (AvgIpc) is 3.18. The summed E-state index contributed by atoms with van der Waals surface area (Å²) < 4.78 is 27.8. The zero-order valence-corrected chi connectivity index (χ0v) is 16.8. The molecule has 3 rings (SSSR count). The Morgan fingerprint density at radius 1 is 1.14 bits per heavy atom. The topological polar surface area (TPSA) is 119 Å². The highest BCUT2D eigenvalue weighted by Gasteiger charge is 2.34. The van der Waals surface area contributed by atoms with Gasteiger partial charge in [0.25, 0.3) is 0 Å². The molecule has 1 saturated heterocycles. The van der Waals surface area contributed by atoms with E-state index in [1.54, 1.807) is 48.4 Å². The van der Waals surface area contributed by atoms with Crippen molar-refractivity contribution in [2.24, 2.45) is 5.14 Å². The van der Waals surface area contributed by atoms with Crippen molar-refractivity contribution in [3.63, 3.8) is 0 Å². The molecule has 2 aromatic carbocycles. The molecule has 1 heterocycles. The number of hydrogen-bond acceptors (Lipinski definition) is 5. The number of rotatable bonds is 6. The molecule has 1 aliphatic rings. The van der Waals surface area contributed by atoms with Crippen molar-refractivity contribution in [3.05, 3.63) is 54.1 Å². The minimum Gasteiger partial charge on any atom is -0.497 e. The van der Waals surface area contributed by atoms with Gasteiger partial charge in [-0.25, -0.2) is 13.6 Å². The quantitative estimate of drug-likeness (QED) is 0.739. The number of benzene rings is 2. The second-order valence-electron chi connectivity index (χ2n) is 6.83. The van der Waals surface area contributed by atoms with Crippen molar-refractivity contribution in [2.45, 2.75) is 30.2 Å². The number of carbonyl (C=O) groups excluding carboxylic acids is 2. The number of methoxy groups -OCH3 is 1. The number of carbonyl (C=O) groups is 2. The Morgan fingerprint density at radius 2 is 1.79 bits per heavy atom. The Hall–Kier alpha value is -2.91. The third kappa shape index (κ3) is 5.12. The fourth-order valence-corrected chi connectivity index (χ4v) is 3.83. The van der Waals surface area contributed by atoms with Gasteiger partial charge in [-0.1, -0.05) is 12.1 Å². The molecule has 2 amide bonds. The lowest BCUT2D eigenvalue weighted by atomic mass is 10.1. The van der Waals surface area contributed by atoms with E-state index in [-0.39, 0.29) is 23.1 Å². The zero-order chi connectivity index (χ0) is 21.0. The van der Waals surface area contributed by atoms with Crippen LogP contribution in [0.5, 0.6) is 5.75 Å². The van der Waals surface area contributed by atoms with Crippen LogP contribution in [0, 0.1) is 0 Å². The first kappa shape index (κ1) is 20.8. The van der Waals surface area contributed by atoms with Gasteiger partial charge in [-0.3, -0.25) is 9.59 Å². The van der Waals surface area contributed by atoms with Crippen LogP contribution in [-0.2, 0) is 26.0 Å². The van der Waals surface area contributed by atoms with E-state index in [4.69, 9.17) is 9.88 Å². The summed E-state index contributed by atoms with van der Waals surface area (Å²) in [6.45, 7) is 0.509. The number of nitrogens with two attached hydrogens (primary N) is 1. The summed E-state index contributed by atoms with van der Waals surface area (Å²) in [5, 5.41) is 7.92. The molecule has 0 aliphatic carbocycles. The van der Waals surface area contributed by atoms with E-state index < -0.39 is 16.1 Å². The van der Waals surface area contributed by atoms with E-state index in [0.717, 1.165) is 6.42 Å². The van der Waals surface area contributed by atoms with E-state index in [1.807, 2.05) is 0 Å². The molecule has 0 spiro atoms. The molecule has 9 heteroatoms. The number of ether oxygens (including phenoxy) is 1. The number of nitrogens with zero attached hydrogens (tertiary/aromatic N) is 1. The van der Waals surface area contributed by atoms with Crippen LogP contribution in [0.1, 0.15) is 18.4 Å². The molecule has 154 valence electrons. The number of hydrogen-bond donors (Lipinski definition) is 2. The highest BCUT2D eigenvalue weighted by Crippen LogP contribution is 2.22. The van der Waals surface area contributed by atoms with Crippen LogP contribution < -0.4 is 15.2 Å². The van der Waals surface area contributed by atoms with Gasteiger partial charge < -0.3 is 15.0 Å². The molecule has 3 N–H and O–H groups in total. The Balaban J connectivity index is 1.64. The molecule has 29 heavy (non-hydrogen) atoms. The van der Waals surface area contributed by atoms with Crippen molar-refractivity contribution in [1.82, 2.24) is 4.90 Å². The fraction of sp³-hybridized carbons (Fsp3) is 0.300. The average molecular weight is 417 g/mol. The summed E-state index contributed by atoms with van der Waals surface area (Å²) in [6.07, 6.45) is 1.42. The molecule has 0 saturated carbocycles. The molecule has 1 fully saturated rings. The smallest absolute Gasteiger partial charge is 0.247 e. The number of primary sulfonamides is 1. The van der Waals surface area contributed by atoms with Crippen molar-refractivity contribution in [2.75, 3.05) is 19.0 Å². The van der Waals surface area contributed by atoms with Crippen LogP contribution >= 0.6 is 0 Å². The molecule has 1 unspecified atom stereocenters. The van der Waals surface area contributed by atoms with Crippen LogP contribution in [0.25, 0.3) is 0 Å². The lowest BCUT2D eigenvalue weighted by Crippen LogP contribution is -2.43. The summed E-state index contributed by atoms with van der Waals surface area (Å²) >= 11 is 0. The summed E-state index contributed by atoms with van der Waals surface area (Å²) in [4.78, 5) is 27.0. The first-order chi connectivity index (χ1) is 13.8. The first-order valence-electron chi connectivity index (χ1n) is 9.14. The minimum absolute atomic E-state index is 0.00776. The number of sulfonamides is 1. The summed E-state index contributed by atoms with van der Waals surface area (Å²) in [5.74, 6) is 0.278. The van der Waals surface area contributed by atoms with Crippen molar-refractivity contribution < 1.29 is 22.7 Å². The standard InChI is InChI=1S/C20H23N3O5S/c1-28-16-8-6-15(7-9-16)22-20(25)18-3-2-12-23(18)19(24)13-14-4-10-17(11-5-14)29(21,26)27/h4-11,18H,2-3,12-13H2,1H3,(H,22,25)(H2,21,26,27). The molecule has 0 bridgehead atoms. The number of anilines is 1. The third-order valence-electron chi connectivity index (χ3n) is 4.84. The van der Waals surface area contributed by atoms with Gasteiger partial charge in [-0.15, -0.1) is 0 Å². The number of nitrogens with one attached hydrogen (secondary N) is 1. The van der Waals surface area contributed by atoms with Crippen LogP contribution in [0.2, 0.25) is 0 Å². The minimum atomic E-state index is -3.77. The number of amides is 2. The molecule has 0 radical (unpaired) electrons. The monoisotopic (exact) mass is 417 g/mol. The second-order valence-corrected chi connectivity index (χ2v) is 8.39. The zero-order valence-electron chi connectivity index (χ0n) is 16.0. The summed E-state index contributed by atoms with van der Waals surface area (Å²) in [6, 6.07) is 12.3. The maximum absolute atomic E-state index is 12.7. The van der Waals surface area contributed by atoms with E-state index >= 15 is 0 Å². The van der Waals surface area contributed by atoms with Gasteiger partial charge in [0.15, 0.2) is 0 Å². The summed E-state index contributed by atoms with van der Waals surface area (Å²) in [7, 11) is -2.21. The van der Waals surface area contributed by atoms with E-state index in [0.29, 0.717) is 30.0 Å². The lowest BCUT2D eigenvalue weighted by molar-refractivity contribution is -0.136. The molecule has 1 aliphatic heterocycles. The highest BCUT2D eigenvalue weighted by atomic mass is 32.2. The van der Waals surface area contributed by atoms with Crippen molar-refractivity contribution in [1.29, 1.82) is 0 Å². The van der Waals surface area contributed by atoms with Gasteiger partial charge in [-0.05, 0) is 54.8 Å². The molecule has 2 aromatic rings. The van der Waals surface area contributed by atoms with Gasteiger partial charge in [0.1, 0.15) is 11.8 Å². The van der Waals surface area contributed by atoms with E-state index in [1.165, 1.54) is 12.1 Å². The Kier molecular flexibility index (Phi) is 6.19. The van der Waals surface area contributed by atoms with Gasteiger partial charge in [-0.2, -0.15) is 0 Å². The third-order valence-corrected chi connectivity index (χ3v) is 5.77. The lowest BCUT2D eigenvalue weighted by Gasteiger charge is -2.24. The van der Waals surface area contributed by atoms with Crippen LogP contribution in [0.15, 0.2) is 53.4 Å². The normalized spacial score (nSPS) is 16.5. The Labute approximate surface area is 169 Å². The Bertz CT molecular complexity index is 988.